The molecule has 0 aliphatic heterocycles. The van der Waals surface area contributed by atoms with Crippen molar-refractivity contribution >= 4 is 38.7 Å². The van der Waals surface area contributed by atoms with Crippen LogP contribution in [-0.4, -0.2) is 21.0 Å². The van der Waals surface area contributed by atoms with Gasteiger partial charge < -0.3 is 10.8 Å². The zero-order chi connectivity index (χ0) is 10.3. The van der Waals surface area contributed by atoms with Gasteiger partial charge in [-0.15, -0.1) is 5.10 Å². The highest BCUT2D eigenvalue weighted by molar-refractivity contribution is 9.10. The first-order chi connectivity index (χ1) is 6.59. The number of benzene rings is 1. The fraction of sp³-hybridized carbons (Fsp3) is 0. The number of fused-ring (bicyclic) bond motifs is 1. The summed E-state index contributed by atoms with van der Waals surface area (Å²) in [7, 11) is 0. The highest BCUT2D eigenvalue weighted by Gasteiger charge is 2.12. The van der Waals surface area contributed by atoms with Crippen LogP contribution < -0.4 is 5.73 Å². The van der Waals surface area contributed by atoms with Gasteiger partial charge in [-0.1, -0.05) is 15.9 Å². The third-order valence-electron chi connectivity index (χ3n) is 1.85. The molecule has 0 spiro atoms. The molecule has 0 radical (unpaired) electrons. The molecule has 5 nitrogen and oxygen atoms in total. The number of nitrogen functional groups attached to an aromatic ring is 1. The van der Waals surface area contributed by atoms with Crippen LogP contribution in [0.3, 0.4) is 0 Å². The zero-order valence-electron chi connectivity index (χ0n) is 6.94. The smallest absolute Gasteiger partial charge is 0.432 e. The lowest BCUT2D eigenvalue weighted by molar-refractivity contribution is 0.194. The first-order valence-corrected chi connectivity index (χ1v) is 4.56. The van der Waals surface area contributed by atoms with Gasteiger partial charge in [-0.3, -0.25) is 0 Å². The highest BCUT2D eigenvalue weighted by atomic mass is 79.9. The summed E-state index contributed by atoms with van der Waals surface area (Å²) in [6.07, 6.45) is -1.14. The van der Waals surface area contributed by atoms with E-state index in [1.807, 2.05) is 0 Å². The minimum absolute atomic E-state index is 0.212. The number of halogens is 1. The van der Waals surface area contributed by atoms with Crippen LogP contribution >= 0.6 is 15.9 Å². The number of rotatable bonds is 0. The van der Waals surface area contributed by atoms with Gasteiger partial charge in [0, 0.05) is 9.86 Å². The Kier molecular flexibility index (Phi) is 1.92. The number of nitrogens with zero attached hydrogens (tertiary/aromatic N) is 2. The number of hydrogen-bond donors (Lipinski definition) is 2. The van der Waals surface area contributed by atoms with E-state index in [2.05, 4.69) is 21.0 Å². The van der Waals surface area contributed by atoms with E-state index in [1.54, 1.807) is 18.2 Å². The molecule has 0 fully saturated rings. The van der Waals surface area contributed by atoms with Crippen molar-refractivity contribution < 1.29 is 9.90 Å². The number of nitrogens with two attached hydrogens (primary N) is 1. The fourth-order valence-corrected chi connectivity index (χ4v) is 1.62. The molecule has 14 heavy (non-hydrogen) atoms. The molecule has 2 aromatic rings. The van der Waals surface area contributed by atoms with Crippen LogP contribution in [0.2, 0.25) is 0 Å². The van der Waals surface area contributed by atoms with Crippen molar-refractivity contribution in [2.75, 3.05) is 5.73 Å². The molecule has 1 aromatic heterocycles. The molecular weight excluding hydrogens is 250 g/mol. The number of hydrogen-bond acceptors (Lipinski definition) is 3. The number of aromatic nitrogens is 2. The minimum Gasteiger partial charge on any atom is -0.463 e. The predicted molar refractivity (Wildman–Crippen MR) is 55.3 cm³/mol. The molecule has 6 heteroatoms. The normalized spacial score (nSPS) is 10.6. The Balaban J connectivity index is 2.84. The van der Waals surface area contributed by atoms with Gasteiger partial charge in [-0.05, 0) is 18.2 Å². The van der Waals surface area contributed by atoms with Crippen molar-refractivity contribution in [2.45, 2.75) is 0 Å². The fourth-order valence-electron chi connectivity index (χ4n) is 1.26. The Bertz CT molecular complexity index is 521. The molecule has 2 rings (SSSR count). The maximum atomic E-state index is 10.7. The van der Waals surface area contributed by atoms with E-state index >= 15 is 0 Å². The predicted octanol–water partition coefficient (Wildman–Crippen LogP) is 1.91. The van der Waals surface area contributed by atoms with Gasteiger partial charge in [0.25, 0.3) is 0 Å². The first-order valence-electron chi connectivity index (χ1n) is 3.76. The molecule has 0 aliphatic rings. The SMILES string of the molecule is Nc1nn(C(=O)O)c2ccc(Br)cc12. The van der Waals surface area contributed by atoms with Crippen LogP contribution in [0.25, 0.3) is 10.9 Å². The van der Waals surface area contributed by atoms with Crippen molar-refractivity contribution in [1.29, 1.82) is 0 Å². The molecule has 0 atom stereocenters. The lowest BCUT2D eigenvalue weighted by atomic mass is 10.2. The van der Waals surface area contributed by atoms with Gasteiger partial charge in [0.05, 0.1) is 5.52 Å². The largest absolute Gasteiger partial charge is 0.463 e. The van der Waals surface area contributed by atoms with Crippen LogP contribution in [-0.2, 0) is 0 Å². The molecule has 1 aromatic carbocycles. The van der Waals surface area contributed by atoms with E-state index in [1.165, 1.54) is 0 Å². The van der Waals surface area contributed by atoms with Crippen LogP contribution in [0.15, 0.2) is 22.7 Å². The quantitative estimate of drug-likeness (QED) is 0.754. The highest BCUT2D eigenvalue weighted by Crippen LogP contribution is 2.24. The third kappa shape index (κ3) is 1.24. The molecule has 0 saturated heterocycles. The maximum Gasteiger partial charge on any atom is 0.432 e. The number of carbonyl (C=O) groups is 1. The summed E-state index contributed by atoms with van der Waals surface area (Å²) >= 11 is 3.27. The van der Waals surface area contributed by atoms with E-state index in [0.29, 0.717) is 10.9 Å². The molecule has 3 N–H and O–H groups in total. The molecular formula is C8H6BrN3O2. The van der Waals surface area contributed by atoms with Crippen molar-refractivity contribution in [1.82, 2.24) is 9.78 Å². The summed E-state index contributed by atoms with van der Waals surface area (Å²) in [4.78, 5) is 10.7. The molecule has 1 heterocycles. The van der Waals surface area contributed by atoms with Crippen molar-refractivity contribution in [3.63, 3.8) is 0 Å². The van der Waals surface area contributed by atoms with E-state index in [0.717, 1.165) is 9.15 Å². The van der Waals surface area contributed by atoms with E-state index in [9.17, 15) is 4.79 Å². The molecule has 0 aliphatic carbocycles. The van der Waals surface area contributed by atoms with Crippen molar-refractivity contribution in [2.24, 2.45) is 0 Å². The Hall–Kier alpha value is -1.56. The third-order valence-corrected chi connectivity index (χ3v) is 2.34. The van der Waals surface area contributed by atoms with Gasteiger partial charge in [0.1, 0.15) is 0 Å². The zero-order valence-corrected chi connectivity index (χ0v) is 8.52. The average Bonchev–Trinajstić information content (AvgIpc) is 2.44. The Morgan fingerprint density at radius 1 is 1.57 bits per heavy atom. The summed E-state index contributed by atoms with van der Waals surface area (Å²) in [5.41, 5.74) is 6.05. The molecule has 0 unspecified atom stereocenters. The van der Waals surface area contributed by atoms with Crippen LogP contribution in [0.5, 0.6) is 0 Å². The Morgan fingerprint density at radius 3 is 2.93 bits per heavy atom. The van der Waals surface area contributed by atoms with Gasteiger partial charge in [0.15, 0.2) is 5.82 Å². The Labute approximate surface area is 87.2 Å². The maximum absolute atomic E-state index is 10.7. The monoisotopic (exact) mass is 255 g/mol. The van der Waals surface area contributed by atoms with Crippen LogP contribution in [0, 0.1) is 0 Å². The summed E-state index contributed by atoms with van der Waals surface area (Å²) in [5, 5.41) is 13.1. The summed E-state index contributed by atoms with van der Waals surface area (Å²) in [5.74, 6) is 0.212. The van der Waals surface area contributed by atoms with Gasteiger partial charge >= 0.3 is 6.09 Å². The summed E-state index contributed by atoms with van der Waals surface area (Å²) in [6.45, 7) is 0. The van der Waals surface area contributed by atoms with Gasteiger partial charge in [0.2, 0.25) is 0 Å². The molecule has 72 valence electrons. The number of carboxylic acid groups (broad SMARTS) is 1. The average molecular weight is 256 g/mol. The molecule has 0 saturated carbocycles. The van der Waals surface area contributed by atoms with Gasteiger partial charge in [-0.2, -0.15) is 4.68 Å². The summed E-state index contributed by atoms with van der Waals surface area (Å²) in [6, 6.07) is 5.12. The van der Waals surface area contributed by atoms with E-state index in [4.69, 9.17) is 10.8 Å². The summed E-state index contributed by atoms with van der Waals surface area (Å²) < 4.78 is 1.69. The van der Waals surface area contributed by atoms with Gasteiger partial charge in [-0.25, -0.2) is 4.79 Å². The van der Waals surface area contributed by atoms with Crippen LogP contribution in [0.1, 0.15) is 0 Å². The lowest BCUT2D eigenvalue weighted by Gasteiger charge is -1.94. The second-order valence-electron chi connectivity index (χ2n) is 2.74. The standard InChI is InChI=1S/C8H6BrN3O2/c9-4-1-2-6-5(3-4)7(10)11-12(6)8(13)14/h1-3H,(H2,10,11)(H,13,14). The van der Waals surface area contributed by atoms with E-state index in [-0.39, 0.29) is 5.82 Å². The van der Waals surface area contributed by atoms with Crippen molar-refractivity contribution in [3.05, 3.63) is 22.7 Å². The lowest BCUT2D eigenvalue weighted by Crippen LogP contribution is -2.09. The van der Waals surface area contributed by atoms with E-state index < -0.39 is 6.09 Å². The number of anilines is 1. The Morgan fingerprint density at radius 2 is 2.29 bits per heavy atom. The first kappa shape index (κ1) is 9.01. The minimum atomic E-state index is -1.14. The molecule has 0 bridgehead atoms. The van der Waals surface area contributed by atoms with Crippen LogP contribution in [0.4, 0.5) is 10.6 Å². The topological polar surface area (TPSA) is 81.1 Å². The second-order valence-corrected chi connectivity index (χ2v) is 3.66. The van der Waals surface area contributed by atoms with Crippen molar-refractivity contribution in [3.8, 4) is 0 Å². The second kappa shape index (κ2) is 2.98. The molecule has 0 amide bonds.